The zero-order valence-electron chi connectivity index (χ0n) is 14.1. The van der Waals surface area contributed by atoms with E-state index in [1.54, 1.807) is 27.0 Å². The first kappa shape index (κ1) is 17.9. The number of rotatable bonds is 4. The Bertz CT molecular complexity index is 818. The highest BCUT2D eigenvalue weighted by molar-refractivity contribution is 9.10. The minimum atomic E-state index is -1.44. The first-order chi connectivity index (χ1) is 11.8. The Kier molecular flexibility index (Phi) is 4.61. The molecule has 25 heavy (non-hydrogen) atoms. The molecule has 0 aliphatic carbocycles. The molecule has 2 aromatic rings. The van der Waals surface area contributed by atoms with Crippen molar-refractivity contribution in [3.8, 4) is 11.6 Å². The Labute approximate surface area is 153 Å². The second-order valence-corrected chi connectivity index (χ2v) is 7.27. The van der Waals surface area contributed by atoms with Crippen molar-refractivity contribution in [3.63, 3.8) is 0 Å². The zero-order chi connectivity index (χ0) is 18.2. The van der Waals surface area contributed by atoms with Crippen LogP contribution in [0.2, 0.25) is 0 Å². The number of nitrogens with one attached hydrogen (secondary N) is 1. The quantitative estimate of drug-likeness (QED) is 0.802. The van der Waals surface area contributed by atoms with Crippen LogP contribution in [0.15, 0.2) is 39.6 Å². The van der Waals surface area contributed by atoms with Crippen molar-refractivity contribution in [1.29, 1.82) is 0 Å². The summed E-state index contributed by atoms with van der Waals surface area (Å²) in [4.78, 5) is 11.2. The number of hydrogen-bond acceptors (Lipinski definition) is 6. The number of halogens is 1. The van der Waals surface area contributed by atoms with Crippen molar-refractivity contribution in [2.24, 2.45) is 0 Å². The standard InChI is InChI=1S/C17H19BrN2O5/c1-16(9-23-3)17(2,22)15(24-14-7-6-13(21)19-20-14)11-8-10(18)4-5-12(11)25-16/h4-8,15,22H,9H2,1-3H3,(H,19,21). The summed E-state index contributed by atoms with van der Waals surface area (Å²) in [5, 5.41) is 17.5. The molecule has 2 heterocycles. The molecule has 0 bridgehead atoms. The van der Waals surface area contributed by atoms with Crippen molar-refractivity contribution < 1.29 is 19.3 Å². The Hall–Kier alpha value is -1.90. The number of fused-ring (bicyclic) bond motifs is 1. The van der Waals surface area contributed by atoms with Crippen molar-refractivity contribution >= 4 is 15.9 Å². The van der Waals surface area contributed by atoms with E-state index in [1.165, 1.54) is 12.1 Å². The number of hydrogen-bond donors (Lipinski definition) is 2. The number of aromatic amines is 1. The molecule has 3 rings (SSSR count). The Morgan fingerprint density at radius 1 is 1.36 bits per heavy atom. The van der Waals surface area contributed by atoms with E-state index >= 15 is 0 Å². The predicted octanol–water partition coefficient (Wildman–Crippen LogP) is 2.20. The molecule has 134 valence electrons. The number of benzene rings is 1. The third kappa shape index (κ3) is 3.17. The maximum atomic E-state index is 11.3. The van der Waals surface area contributed by atoms with Crippen LogP contribution in [0.1, 0.15) is 25.5 Å². The number of ether oxygens (including phenoxy) is 3. The van der Waals surface area contributed by atoms with E-state index < -0.39 is 17.3 Å². The monoisotopic (exact) mass is 410 g/mol. The lowest BCUT2D eigenvalue weighted by Crippen LogP contribution is -2.63. The highest BCUT2D eigenvalue weighted by Gasteiger charge is 2.57. The van der Waals surface area contributed by atoms with E-state index in [0.29, 0.717) is 11.3 Å². The minimum Gasteiger partial charge on any atom is -0.482 e. The highest BCUT2D eigenvalue weighted by Crippen LogP contribution is 2.48. The van der Waals surface area contributed by atoms with Crippen LogP contribution in [0, 0.1) is 0 Å². The van der Waals surface area contributed by atoms with Gasteiger partial charge in [-0.1, -0.05) is 15.9 Å². The minimum absolute atomic E-state index is 0.161. The van der Waals surface area contributed by atoms with Crippen molar-refractivity contribution in [2.45, 2.75) is 31.2 Å². The predicted molar refractivity (Wildman–Crippen MR) is 93.9 cm³/mol. The van der Waals surface area contributed by atoms with Crippen LogP contribution in [-0.4, -0.2) is 40.2 Å². The summed E-state index contributed by atoms with van der Waals surface area (Å²) in [6.07, 6.45) is -0.785. The summed E-state index contributed by atoms with van der Waals surface area (Å²) in [6.45, 7) is 3.55. The van der Waals surface area contributed by atoms with Gasteiger partial charge in [-0.25, -0.2) is 5.10 Å². The molecule has 8 heteroatoms. The summed E-state index contributed by atoms with van der Waals surface area (Å²) in [5.41, 5.74) is -2.15. The molecule has 3 atom stereocenters. The summed E-state index contributed by atoms with van der Waals surface area (Å²) in [7, 11) is 1.54. The molecule has 1 aliphatic heterocycles. The van der Waals surface area contributed by atoms with Crippen LogP contribution in [-0.2, 0) is 4.74 Å². The van der Waals surface area contributed by atoms with Gasteiger partial charge in [0.15, 0.2) is 11.7 Å². The number of methoxy groups -OCH3 is 1. The summed E-state index contributed by atoms with van der Waals surface area (Å²) < 4.78 is 18.1. The van der Waals surface area contributed by atoms with E-state index in [2.05, 4.69) is 26.1 Å². The van der Waals surface area contributed by atoms with Gasteiger partial charge in [0.05, 0.1) is 6.61 Å². The van der Waals surface area contributed by atoms with Gasteiger partial charge in [0, 0.05) is 29.3 Å². The fraction of sp³-hybridized carbons (Fsp3) is 0.412. The number of aromatic nitrogens is 2. The lowest BCUT2D eigenvalue weighted by atomic mass is 9.76. The first-order valence-electron chi connectivity index (χ1n) is 7.69. The average molecular weight is 411 g/mol. The van der Waals surface area contributed by atoms with Gasteiger partial charge in [-0.15, -0.1) is 5.10 Å². The number of aliphatic hydroxyl groups is 1. The third-order valence-electron chi connectivity index (χ3n) is 4.48. The molecule has 3 unspecified atom stereocenters. The molecule has 0 fully saturated rings. The third-order valence-corrected chi connectivity index (χ3v) is 4.98. The molecule has 0 spiro atoms. The topological polar surface area (TPSA) is 93.7 Å². The molecule has 1 aromatic heterocycles. The fourth-order valence-corrected chi connectivity index (χ4v) is 3.27. The van der Waals surface area contributed by atoms with Gasteiger partial charge in [0.1, 0.15) is 11.4 Å². The maximum Gasteiger partial charge on any atom is 0.264 e. The second-order valence-electron chi connectivity index (χ2n) is 6.35. The van der Waals surface area contributed by atoms with Crippen molar-refractivity contribution in [1.82, 2.24) is 10.2 Å². The Morgan fingerprint density at radius 3 is 2.76 bits per heavy atom. The molecule has 2 N–H and O–H groups in total. The van der Waals surface area contributed by atoms with E-state index in [-0.39, 0.29) is 18.0 Å². The SMILES string of the molecule is COCC1(C)Oc2ccc(Br)cc2C(Oc2ccc(=O)[nH]n2)C1(C)O. The van der Waals surface area contributed by atoms with Crippen molar-refractivity contribution in [3.05, 3.63) is 50.7 Å². The van der Waals surface area contributed by atoms with Crippen LogP contribution < -0.4 is 15.0 Å². The van der Waals surface area contributed by atoms with E-state index in [0.717, 1.165) is 4.47 Å². The fourth-order valence-electron chi connectivity index (χ4n) is 2.89. The molecule has 1 aliphatic rings. The van der Waals surface area contributed by atoms with Crippen molar-refractivity contribution in [2.75, 3.05) is 13.7 Å². The molecular weight excluding hydrogens is 392 g/mol. The van der Waals surface area contributed by atoms with Crippen LogP contribution in [0.5, 0.6) is 11.6 Å². The zero-order valence-corrected chi connectivity index (χ0v) is 15.7. The molecule has 0 saturated heterocycles. The van der Waals surface area contributed by atoms with Gasteiger partial charge >= 0.3 is 0 Å². The number of H-pyrrole nitrogens is 1. The lowest BCUT2D eigenvalue weighted by molar-refractivity contribution is -0.200. The molecule has 0 radical (unpaired) electrons. The van der Waals surface area contributed by atoms with Gasteiger partial charge in [-0.2, -0.15) is 0 Å². The van der Waals surface area contributed by atoms with Gasteiger partial charge in [-0.05, 0) is 32.0 Å². The average Bonchev–Trinajstić information content (AvgIpc) is 2.55. The van der Waals surface area contributed by atoms with Crippen LogP contribution >= 0.6 is 15.9 Å². The molecule has 0 amide bonds. The normalized spacial score (nSPS) is 28.1. The van der Waals surface area contributed by atoms with Gasteiger partial charge < -0.3 is 19.3 Å². The lowest BCUT2D eigenvalue weighted by Gasteiger charge is -2.50. The molecular formula is C17H19BrN2O5. The summed E-state index contributed by atoms with van der Waals surface area (Å²) >= 11 is 3.43. The molecule has 1 aromatic carbocycles. The van der Waals surface area contributed by atoms with Crippen LogP contribution in [0.3, 0.4) is 0 Å². The Balaban J connectivity index is 2.09. The van der Waals surface area contributed by atoms with Gasteiger partial charge in [0.25, 0.3) is 5.56 Å². The van der Waals surface area contributed by atoms with E-state index in [9.17, 15) is 9.90 Å². The molecule has 7 nitrogen and oxygen atoms in total. The molecule has 0 saturated carbocycles. The first-order valence-corrected chi connectivity index (χ1v) is 8.48. The van der Waals surface area contributed by atoms with Crippen LogP contribution in [0.25, 0.3) is 0 Å². The number of nitrogens with zero attached hydrogens (tertiary/aromatic N) is 1. The van der Waals surface area contributed by atoms with E-state index in [1.807, 2.05) is 12.1 Å². The Morgan fingerprint density at radius 2 is 2.12 bits per heavy atom. The van der Waals surface area contributed by atoms with Gasteiger partial charge in [-0.3, -0.25) is 4.79 Å². The second kappa shape index (κ2) is 6.44. The van der Waals surface area contributed by atoms with Gasteiger partial charge in [0.2, 0.25) is 5.88 Å². The maximum absolute atomic E-state index is 11.3. The largest absolute Gasteiger partial charge is 0.482 e. The summed E-state index contributed by atoms with van der Waals surface area (Å²) in [5.74, 6) is 0.779. The summed E-state index contributed by atoms with van der Waals surface area (Å²) in [6, 6.07) is 8.25. The van der Waals surface area contributed by atoms with E-state index in [4.69, 9.17) is 14.2 Å². The highest BCUT2D eigenvalue weighted by atomic mass is 79.9. The smallest absolute Gasteiger partial charge is 0.264 e. The van der Waals surface area contributed by atoms with Crippen LogP contribution in [0.4, 0.5) is 0 Å².